The summed E-state index contributed by atoms with van der Waals surface area (Å²) in [5, 5.41) is 1.29. The number of pyridine rings is 1. The first-order valence-electron chi connectivity index (χ1n) is 14.2. The van der Waals surface area contributed by atoms with Gasteiger partial charge in [-0.1, -0.05) is 35.2 Å². The van der Waals surface area contributed by atoms with Crippen LogP contribution in [0.2, 0.25) is 0 Å². The van der Waals surface area contributed by atoms with E-state index < -0.39 is 23.0 Å². The molecule has 0 aliphatic carbocycles. The van der Waals surface area contributed by atoms with Crippen LogP contribution in [0.5, 0.6) is 17.2 Å². The zero-order valence-electron chi connectivity index (χ0n) is 24.5. The summed E-state index contributed by atoms with van der Waals surface area (Å²) >= 11 is 3.45. The molecule has 228 valence electrons. The van der Waals surface area contributed by atoms with E-state index in [0.29, 0.717) is 35.1 Å². The Morgan fingerprint density at radius 3 is 2.26 bits per heavy atom. The van der Waals surface area contributed by atoms with E-state index in [9.17, 15) is 18.4 Å². The number of fused-ring (bicyclic) bond motifs is 1. The van der Waals surface area contributed by atoms with E-state index in [1.807, 2.05) is 0 Å². The smallest absolute Gasteiger partial charge is 0.263 e. The third-order valence-electron chi connectivity index (χ3n) is 7.12. The molecule has 43 heavy (non-hydrogen) atoms. The number of benzene rings is 3. The molecular weight excluding hydrogens is 622 g/mol. The highest BCUT2D eigenvalue weighted by molar-refractivity contribution is 9.09. The van der Waals surface area contributed by atoms with Crippen molar-refractivity contribution < 1.29 is 27.8 Å². The molecule has 0 spiro atoms. The molecule has 4 aromatic rings. The van der Waals surface area contributed by atoms with E-state index in [4.69, 9.17) is 14.2 Å². The Morgan fingerprint density at radius 1 is 0.884 bits per heavy atom. The largest absolute Gasteiger partial charge is 0.494 e. The summed E-state index contributed by atoms with van der Waals surface area (Å²) in [6, 6.07) is 13.2. The molecule has 1 heterocycles. The van der Waals surface area contributed by atoms with Crippen molar-refractivity contribution in [3.63, 3.8) is 0 Å². The first-order valence-corrected chi connectivity index (χ1v) is 15.3. The molecule has 0 N–H and O–H groups in total. The minimum atomic E-state index is -0.825. The van der Waals surface area contributed by atoms with Crippen molar-refractivity contribution in [1.82, 2.24) is 4.57 Å². The zero-order chi connectivity index (χ0) is 30.9. The normalized spacial score (nSPS) is 11.0. The Kier molecular flexibility index (Phi) is 11.2. The molecule has 0 aliphatic heterocycles. The van der Waals surface area contributed by atoms with Crippen molar-refractivity contribution in [2.24, 2.45) is 0 Å². The van der Waals surface area contributed by atoms with Crippen molar-refractivity contribution in [2.45, 2.75) is 39.0 Å². The first kappa shape index (κ1) is 32.0. The fraction of sp³-hybridized carbons (Fsp3) is 0.333. The molecular formula is C33H35BrF2N2O5. The number of ether oxygens (including phenoxy) is 3. The number of rotatable bonds is 14. The van der Waals surface area contributed by atoms with Gasteiger partial charge in [0.25, 0.3) is 5.91 Å². The lowest BCUT2D eigenvalue weighted by Crippen LogP contribution is -2.35. The third-order valence-corrected chi connectivity index (χ3v) is 7.68. The maximum atomic E-state index is 14.0. The quantitative estimate of drug-likeness (QED) is 0.103. The Morgan fingerprint density at radius 2 is 1.58 bits per heavy atom. The molecule has 0 fully saturated rings. The minimum absolute atomic E-state index is 0.0121. The van der Waals surface area contributed by atoms with Crippen LogP contribution in [-0.4, -0.2) is 43.2 Å². The highest BCUT2D eigenvalue weighted by Crippen LogP contribution is 2.31. The summed E-state index contributed by atoms with van der Waals surface area (Å²) in [7, 11) is 3.05. The summed E-state index contributed by atoms with van der Waals surface area (Å²) in [5.41, 5.74) is 0.457. The highest BCUT2D eigenvalue weighted by atomic mass is 79.9. The van der Waals surface area contributed by atoms with Gasteiger partial charge < -0.3 is 23.7 Å². The van der Waals surface area contributed by atoms with Gasteiger partial charge in [0.15, 0.2) is 11.5 Å². The number of nitrogens with zero attached hydrogens (tertiary/aromatic N) is 2. The van der Waals surface area contributed by atoms with Gasteiger partial charge in [0.05, 0.1) is 26.3 Å². The summed E-state index contributed by atoms with van der Waals surface area (Å²) < 4.78 is 46.7. The molecule has 4 rings (SSSR count). The maximum absolute atomic E-state index is 14.0. The molecule has 0 saturated carbocycles. The number of hydrogen-bond acceptors (Lipinski definition) is 5. The molecule has 1 amide bonds. The first-order chi connectivity index (χ1) is 20.8. The van der Waals surface area contributed by atoms with E-state index in [1.54, 1.807) is 47.9 Å². The van der Waals surface area contributed by atoms with Crippen molar-refractivity contribution in [2.75, 3.05) is 37.6 Å². The summed E-state index contributed by atoms with van der Waals surface area (Å²) in [6.07, 6.45) is 6.87. The Hall–Kier alpha value is -3.92. The number of amides is 1. The molecule has 0 aliphatic rings. The van der Waals surface area contributed by atoms with Crippen molar-refractivity contribution in [3.8, 4) is 22.9 Å². The second-order valence-electron chi connectivity index (χ2n) is 9.94. The van der Waals surface area contributed by atoms with Crippen molar-refractivity contribution in [1.29, 1.82) is 0 Å². The van der Waals surface area contributed by atoms with Gasteiger partial charge in [-0.2, -0.15) is 0 Å². The van der Waals surface area contributed by atoms with Crippen LogP contribution in [0.1, 0.15) is 49.4 Å². The molecule has 1 aromatic heterocycles. The van der Waals surface area contributed by atoms with Gasteiger partial charge in [-0.15, -0.1) is 0 Å². The molecule has 0 atom stereocenters. The lowest BCUT2D eigenvalue weighted by Gasteiger charge is -2.22. The minimum Gasteiger partial charge on any atom is -0.494 e. The molecule has 0 radical (unpaired) electrons. The number of halogens is 3. The van der Waals surface area contributed by atoms with Crippen LogP contribution in [0, 0.1) is 11.6 Å². The molecule has 0 unspecified atom stereocenters. The number of carbonyl (C=O) groups excluding carboxylic acids is 1. The SMILES string of the molecule is CCN(C(=O)c1cn(-c2ccc(OC)c(OC)c2)c2cc(OCCCCCCCBr)ccc2c1=O)c1cc(F)cc(F)c1. The predicted octanol–water partition coefficient (Wildman–Crippen LogP) is 7.68. The maximum Gasteiger partial charge on any atom is 0.263 e. The summed E-state index contributed by atoms with van der Waals surface area (Å²) in [6.45, 7) is 2.28. The van der Waals surface area contributed by atoms with Gasteiger partial charge in [-0.05, 0) is 56.2 Å². The van der Waals surface area contributed by atoms with Crippen LogP contribution in [0.25, 0.3) is 16.6 Å². The third kappa shape index (κ3) is 7.54. The van der Waals surface area contributed by atoms with Gasteiger partial charge in [0.1, 0.15) is 22.9 Å². The molecule has 0 saturated heterocycles. The fourth-order valence-corrected chi connectivity index (χ4v) is 5.33. The number of alkyl halides is 1. The lowest BCUT2D eigenvalue weighted by molar-refractivity contribution is 0.0987. The Balaban J connectivity index is 1.79. The zero-order valence-corrected chi connectivity index (χ0v) is 26.1. The van der Waals surface area contributed by atoms with Crippen LogP contribution >= 0.6 is 15.9 Å². The standard InChI is InChI=1S/C33H35BrF2N2O5/c1-4-37(25-17-22(35)16-23(36)18-25)33(40)28-21-38(24-10-13-30(41-2)31(19-24)42-3)29-20-26(11-12-27(29)32(28)39)43-15-9-7-5-6-8-14-34/h10-13,16-21H,4-9,14-15H2,1-3H3. The van der Waals surface area contributed by atoms with E-state index >= 15 is 0 Å². The van der Waals surface area contributed by atoms with Gasteiger partial charge in [0.2, 0.25) is 5.43 Å². The average Bonchev–Trinajstić information content (AvgIpc) is 3.00. The van der Waals surface area contributed by atoms with E-state index in [2.05, 4.69) is 15.9 Å². The van der Waals surface area contributed by atoms with Gasteiger partial charge in [-0.3, -0.25) is 9.59 Å². The van der Waals surface area contributed by atoms with Crippen LogP contribution in [-0.2, 0) is 0 Å². The Labute approximate surface area is 258 Å². The van der Waals surface area contributed by atoms with Crippen molar-refractivity contribution in [3.05, 3.63) is 88.2 Å². The fourth-order valence-electron chi connectivity index (χ4n) is 4.94. The number of hydrogen-bond donors (Lipinski definition) is 0. The monoisotopic (exact) mass is 656 g/mol. The van der Waals surface area contributed by atoms with Gasteiger partial charge >= 0.3 is 0 Å². The number of carbonyl (C=O) groups is 1. The van der Waals surface area contributed by atoms with E-state index in [0.717, 1.165) is 49.2 Å². The second-order valence-corrected chi connectivity index (χ2v) is 10.7. The Bertz CT molecular complexity index is 1620. The van der Waals surface area contributed by atoms with Crippen LogP contribution in [0.15, 0.2) is 65.6 Å². The van der Waals surface area contributed by atoms with Crippen LogP contribution in [0.4, 0.5) is 14.5 Å². The molecule has 10 heteroatoms. The van der Waals surface area contributed by atoms with Crippen LogP contribution < -0.4 is 24.5 Å². The predicted molar refractivity (Wildman–Crippen MR) is 169 cm³/mol. The lowest BCUT2D eigenvalue weighted by atomic mass is 10.1. The summed E-state index contributed by atoms with van der Waals surface area (Å²) in [5.74, 6) is -0.779. The summed E-state index contributed by atoms with van der Waals surface area (Å²) in [4.78, 5) is 28.7. The average molecular weight is 658 g/mol. The number of methoxy groups -OCH3 is 2. The van der Waals surface area contributed by atoms with E-state index in [-0.39, 0.29) is 23.2 Å². The van der Waals surface area contributed by atoms with Gasteiger partial charge in [0, 0.05) is 53.0 Å². The molecule has 3 aromatic carbocycles. The number of unbranched alkanes of at least 4 members (excludes halogenated alkanes) is 4. The van der Waals surface area contributed by atoms with Gasteiger partial charge in [-0.25, -0.2) is 8.78 Å². The molecule has 0 bridgehead atoms. The number of anilines is 1. The molecule has 7 nitrogen and oxygen atoms in total. The van der Waals surface area contributed by atoms with Crippen LogP contribution in [0.3, 0.4) is 0 Å². The topological polar surface area (TPSA) is 70.0 Å². The van der Waals surface area contributed by atoms with Crippen molar-refractivity contribution >= 4 is 38.4 Å². The highest BCUT2D eigenvalue weighted by Gasteiger charge is 2.23. The van der Waals surface area contributed by atoms with E-state index in [1.165, 1.54) is 31.7 Å². The number of aromatic nitrogens is 1. The second kappa shape index (κ2) is 15.0.